The number of ether oxygens (including phenoxy) is 2. The van der Waals surface area contributed by atoms with Crippen LogP contribution in [0.15, 0.2) is 42.2 Å². The Morgan fingerprint density at radius 1 is 1.27 bits per heavy atom. The van der Waals surface area contributed by atoms with Crippen molar-refractivity contribution in [1.29, 1.82) is 0 Å². The van der Waals surface area contributed by atoms with Gasteiger partial charge in [0.15, 0.2) is 11.5 Å². The van der Waals surface area contributed by atoms with Crippen molar-refractivity contribution in [2.75, 3.05) is 20.8 Å². The van der Waals surface area contributed by atoms with Crippen LogP contribution in [0.4, 0.5) is 0 Å². The number of methoxy groups -OCH3 is 2. The lowest BCUT2D eigenvalue weighted by Crippen LogP contribution is -2.35. The molecule has 1 aromatic carbocycles. The fraction of sp³-hybridized carbons (Fsp3) is 0.375. The molecule has 0 saturated carbocycles. The Hall–Kier alpha value is -2.50. The normalized spacial score (nSPS) is 17.1. The van der Waals surface area contributed by atoms with E-state index in [1.54, 1.807) is 26.4 Å². The molecule has 0 aliphatic carbocycles. The van der Waals surface area contributed by atoms with Crippen molar-refractivity contribution in [3.05, 3.63) is 57.9 Å². The van der Waals surface area contributed by atoms with Crippen LogP contribution in [0, 0.1) is 10.1 Å². The highest BCUT2D eigenvalue weighted by atomic mass is 16.6. The van der Waals surface area contributed by atoms with Crippen LogP contribution in [-0.4, -0.2) is 36.6 Å². The molecule has 0 radical (unpaired) electrons. The van der Waals surface area contributed by atoms with Gasteiger partial charge in [-0.05, 0) is 37.1 Å². The number of benzene rings is 1. The fourth-order valence-corrected chi connectivity index (χ4v) is 2.47. The smallest absolute Gasteiger partial charge is 0.268 e. The van der Waals surface area contributed by atoms with E-state index in [9.17, 15) is 10.1 Å². The van der Waals surface area contributed by atoms with Gasteiger partial charge in [0.25, 0.3) is 5.70 Å². The third kappa shape index (κ3) is 3.39. The molecule has 0 spiro atoms. The van der Waals surface area contributed by atoms with Gasteiger partial charge in [-0.25, -0.2) is 0 Å². The lowest BCUT2D eigenvalue weighted by Gasteiger charge is -2.27. The largest absolute Gasteiger partial charge is 0.493 e. The maximum Gasteiger partial charge on any atom is 0.268 e. The zero-order valence-corrected chi connectivity index (χ0v) is 13.0. The molecule has 118 valence electrons. The van der Waals surface area contributed by atoms with Crippen molar-refractivity contribution in [2.45, 2.75) is 19.4 Å². The maximum absolute atomic E-state index is 11.0. The van der Waals surface area contributed by atoms with Gasteiger partial charge in [0.1, 0.15) is 6.04 Å². The topological polar surface area (TPSA) is 64.8 Å². The summed E-state index contributed by atoms with van der Waals surface area (Å²) in [5, 5.41) is 11.0. The van der Waals surface area contributed by atoms with Gasteiger partial charge in [0.05, 0.1) is 19.1 Å². The first-order chi connectivity index (χ1) is 10.6. The van der Waals surface area contributed by atoms with E-state index in [-0.39, 0.29) is 16.7 Å². The number of hydrogen-bond donors (Lipinski definition) is 0. The summed E-state index contributed by atoms with van der Waals surface area (Å²) in [5.41, 5.74) is 1.31. The minimum atomic E-state index is -0.322. The molecule has 2 rings (SSSR count). The summed E-state index contributed by atoms with van der Waals surface area (Å²) < 4.78 is 10.5. The first-order valence-corrected chi connectivity index (χ1v) is 7.06. The van der Waals surface area contributed by atoms with Gasteiger partial charge in [0.2, 0.25) is 0 Å². The van der Waals surface area contributed by atoms with Crippen LogP contribution in [-0.2, 0) is 6.42 Å². The molecule has 0 N–H and O–H groups in total. The second-order valence-corrected chi connectivity index (χ2v) is 5.04. The molecule has 1 aliphatic heterocycles. The third-order valence-electron chi connectivity index (χ3n) is 3.79. The van der Waals surface area contributed by atoms with Gasteiger partial charge in [-0.3, -0.25) is 10.1 Å². The highest BCUT2D eigenvalue weighted by Crippen LogP contribution is 2.28. The molecule has 1 heterocycles. The first kappa shape index (κ1) is 15.9. The van der Waals surface area contributed by atoms with E-state index < -0.39 is 0 Å². The summed E-state index contributed by atoms with van der Waals surface area (Å²) >= 11 is 0. The second kappa shape index (κ2) is 6.98. The number of allylic oxidation sites excluding steroid dienone is 2. The zero-order chi connectivity index (χ0) is 16.1. The predicted molar refractivity (Wildman–Crippen MR) is 83.6 cm³/mol. The predicted octanol–water partition coefficient (Wildman–Crippen LogP) is 2.62. The first-order valence-electron chi connectivity index (χ1n) is 7.06. The van der Waals surface area contributed by atoms with E-state index in [0.717, 1.165) is 12.0 Å². The summed E-state index contributed by atoms with van der Waals surface area (Å²) in [7, 11) is 3.20. The van der Waals surface area contributed by atoms with Crippen molar-refractivity contribution in [1.82, 2.24) is 4.90 Å². The summed E-state index contributed by atoms with van der Waals surface area (Å²) in [5.74, 6) is 1.38. The Kier molecular flexibility index (Phi) is 5.04. The summed E-state index contributed by atoms with van der Waals surface area (Å²) in [6, 6.07) is 5.54. The van der Waals surface area contributed by atoms with Gasteiger partial charge in [-0.15, -0.1) is 0 Å². The summed E-state index contributed by atoms with van der Waals surface area (Å²) in [4.78, 5) is 12.6. The molecule has 0 bridgehead atoms. The second-order valence-electron chi connectivity index (χ2n) is 5.04. The van der Waals surface area contributed by atoms with Crippen LogP contribution >= 0.6 is 0 Å². The van der Waals surface area contributed by atoms with Crippen LogP contribution in [0.3, 0.4) is 0 Å². The molecule has 0 saturated heterocycles. The Balaban J connectivity index is 2.03. The molecule has 1 aliphatic rings. The van der Waals surface area contributed by atoms with E-state index in [4.69, 9.17) is 9.47 Å². The Bertz CT molecular complexity index is 610. The number of nitrogens with zero attached hydrogens (tertiary/aromatic N) is 2. The van der Waals surface area contributed by atoms with Gasteiger partial charge < -0.3 is 14.4 Å². The molecule has 6 heteroatoms. The summed E-state index contributed by atoms with van der Waals surface area (Å²) in [6.07, 6.45) is 5.92. The Morgan fingerprint density at radius 2 is 2.00 bits per heavy atom. The highest BCUT2D eigenvalue weighted by Gasteiger charge is 2.26. The maximum atomic E-state index is 11.0. The quantitative estimate of drug-likeness (QED) is 0.597. The van der Waals surface area contributed by atoms with E-state index in [1.807, 2.05) is 36.2 Å². The highest BCUT2D eigenvalue weighted by molar-refractivity contribution is 5.43. The molecule has 0 amide bonds. The SMILES string of the molecule is COc1ccc(CCN2C=CC=C([N+](=O)[O-])C2C)cc1OC. The molecule has 1 unspecified atom stereocenters. The van der Waals surface area contributed by atoms with Crippen molar-refractivity contribution in [3.63, 3.8) is 0 Å². The van der Waals surface area contributed by atoms with Crippen LogP contribution in [0.5, 0.6) is 11.5 Å². The van der Waals surface area contributed by atoms with E-state index in [1.165, 1.54) is 0 Å². The van der Waals surface area contributed by atoms with Crippen LogP contribution in [0.2, 0.25) is 0 Å². The molecule has 6 nitrogen and oxygen atoms in total. The monoisotopic (exact) mass is 304 g/mol. The third-order valence-corrected chi connectivity index (χ3v) is 3.79. The van der Waals surface area contributed by atoms with Crippen molar-refractivity contribution < 1.29 is 14.4 Å². The standard InChI is InChI=1S/C16H20N2O4/c1-12-14(18(19)20)5-4-9-17(12)10-8-13-6-7-15(21-2)16(11-13)22-3/h4-7,9,11-12H,8,10H2,1-3H3. The zero-order valence-electron chi connectivity index (χ0n) is 13.0. The molecule has 0 aromatic heterocycles. The van der Waals surface area contributed by atoms with Gasteiger partial charge >= 0.3 is 0 Å². The van der Waals surface area contributed by atoms with Gasteiger partial charge in [-0.2, -0.15) is 0 Å². The minimum absolute atomic E-state index is 0.217. The molecule has 0 fully saturated rings. The number of rotatable bonds is 6. The molecule has 22 heavy (non-hydrogen) atoms. The lowest BCUT2D eigenvalue weighted by atomic mass is 10.1. The molecule has 1 atom stereocenters. The average molecular weight is 304 g/mol. The molecule has 1 aromatic rings. The van der Waals surface area contributed by atoms with E-state index in [0.29, 0.717) is 18.0 Å². The Labute approximate surface area is 129 Å². The van der Waals surface area contributed by atoms with Gasteiger partial charge in [0, 0.05) is 18.8 Å². The van der Waals surface area contributed by atoms with Crippen LogP contribution < -0.4 is 9.47 Å². The number of hydrogen-bond acceptors (Lipinski definition) is 5. The van der Waals surface area contributed by atoms with Gasteiger partial charge in [-0.1, -0.05) is 6.07 Å². The Morgan fingerprint density at radius 3 is 2.64 bits per heavy atom. The lowest BCUT2D eigenvalue weighted by molar-refractivity contribution is -0.432. The van der Waals surface area contributed by atoms with Crippen molar-refractivity contribution in [2.24, 2.45) is 0 Å². The minimum Gasteiger partial charge on any atom is -0.493 e. The van der Waals surface area contributed by atoms with Crippen molar-refractivity contribution >= 4 is 0 Å². The van der Waals surface area contributed by atoms with Crippen LogP contribution in [0.1, 0.15) is 12.5 Å². The fourth-order valence-electron chi connectivity index (χ4n) is 2.47. The van der Waals surface area contributed by atoms with E-state index in [2.05, 4.69) is 0 Å². The number of nitro groups is 1. The molecular formula is C16H20N2O4. The average Bonchev–Trinajstić information content (AvgIpc) is 2.53. The van der Waals surface area contributed by atoms with E-state index >= 15 is 0 Å². The summed E-state index contributed by atoms with van der Waals surface area (Å²) in [6.45, 7) is 2.53. The molecular weight excluding hydrogens is 284 g/mol. The van der Waals surface area contributed by atoms with Crippen molar-refractivity contribution in [3.8, 4) is 11.5 Å². The van der Waals surface area contributed by atoms with Crippen LogP contribution in [0.25, 0.3) is 0 Å².